The predicted molar refractivity (Wildman–Crippen MR) is 89.3 cm³/mol. The summed E-state index contributed by atoms with van der Waals surface area (Å²) < 4.78 is 5.58. The molecule has 2 saturated carbocycles. The Morgan fingerprint density at radius 1 is 1.04 bits per heavy atom. The topological polar surface area (TPSA) is 32.8 Å². The molecule has 1 amide bonds. The van der Waals surface area contributed by atoms with Gasteiger partial charge in [0.05, 0.1) is 0 Å². The smallest absolute Gasteiger partial charge is 0.260 e. The van der Waals surface area contributed by atoms with E-state index in [0.29, 0.717) is 0 Å². The summed E-state index contributed by atoms with van der Waals surface area (Å²) in [6, 6.07) is 10.4. The molecule has 1 heterocycles. The van der Waals surface area contributed by atoms with Crippen LogP contribution in [0.2, 0.25) is 0 Å². The van der Waals surface area contributed by atoms with Crippen LogP contribution in [-0.4, -0.2) is 54.5 Å². The van der Waals surface area contributed by atoms with Gasteiger partial charge < -0.3 is 9.64 Å². The van der Waals surface area contributed by atoms with Crippen LogP contribution in [0.4, 0.5) is 0 Å². The minimum absolute atomic E-state index is 0.112. The van der Waals surface area contributed by atoms with Crippen LogP contribution in [0, 0.1) is 11.8 Å². The molecule has 1 aliphatic heterocycles. The number of amides is 1. The van der Waals surface area contributed by atoms with E-state index in [-0.39, 0.29) is 12.5 Å². The van der Waals surface area contributed by atoms with E-state index in [9.17, 15) is 4.79 Å². The third-order valence-electron chi connectivity index (χ3n) is 5.94. The van der Waals surface area contributed by atoms with Gasteiger partial charge in [-0.15, -0.1) is 0 Å². The van der Waals surface area contributed by atoms with Gasteiger partial charge in [0, 0.05) is 32.2 Å². The molecule has 0 spiro atoms. The zero-order valence-corrected chi connectivity index (χ0v) is 13.7. The zero-order chi connectivity index (χ0) is 15.6. The first-order valence-corrected chi connectivity index (χ1v) is 8.99. The van der Waals surface area contributed by atoms with Gasteiger partial charge in [0.15, 0.2) is 6.61 Å². The number of piperazine rings is 1. The Labute approximate surface area is 138 Å². The Morgan fingerprint density at radius 2 is 1.83 bits per heavy atom. The average Bonchev–Trinajstić information content (AvgIpc) is 3.24. The van der Waals surface area contributed by atoms with Crippen molar-refractivity contribution in [2.45, 2.75) is 31.7 Å². The molecule has 3 aliphatic rings. The lowest BCUT2D eigenvalue weighted by Crippen LogP contribution is -2.53. The zero-order valence-electron chi connectivity index (χ0n) is 13.7. The lowest BCUT2D eigenvalue weighted by molar-refractivity contribution is -0.135. The Hall–Kier alpha value is -1.55. The molecule has 0 unspecified atom stereocenters. The van der Waals surface area contributed by atoms with Crippen LogP contribution in [0.1, 0.15) is 25.7 Å². The fraction of sp³-hybridized carbons (Fsp3) is 0.632. The molecule has 0 N–H and O–H groups in total. The minimum Gasteiger partial charge on any atom is -0.484 e. The molecule has 1 saturated heterocycles. The molecule has 0 radical (unpaired) electrons. The van der Waals surface area contributed by atoms with Crippen molar-refractivity contribution in [2.75, 3.05) is 32.8 Å². The highest BCUT2D eigenvalue weighted by molar-refractivity contribution is 5.77. The van der Waals surface area contributed by atoms with Crippen molar-refractivity contribution in [3.8, 4) is 5.75 Å². The maximum absolute atomic E-state index is 12.3. The number of carbonyl (C=O) groups is 1. The first kappa shape index (κ1) is 15.0. The van der Waals surface area contributed by atoms with Crippen LogP contribution < -0.4 is 4.74 Å². The summed E-state index contributed by atoms with van der Waals surface area (Å²) in [5.41, 5.74) is 0. The highest BCUT2D eigenvalue weighted by Gasteiger charge is 2.42. The number of hydrogen-bond acceptors (Lipinski definition) is 3. The number of para-hydroxylation sites is 1. The SMILES string of the molecule is O=C(COc1ccccc1)N1CCN([C@H]2C[C@H]3CC[C@@H]2C3)CC1. The van der Waals surface area contributed by atoms with Gasteiger partial charge >= 0.3 is 0 Å². The third kappa shape index (κ3) is 3.23. The molecule has 2 bridgehead atoms. The van der Waals surface area contributed by atoms with Gasteiger partial charge in [0.25, 0.3) is 5.91 Å². The molecule has 4 heteroatoms. The van der Waals surface area contributed by atoms with Crippen molar-refractivity contribution >= 4 is 5.91 Å². The number of nitrogens with zero attached hydrogens (tertiary/aromatic N) is 2. The van der Waals surface area contributed by atoms with E-state index in [1.54, 1.807) is 0 Å². The van der Waals surface area contributed by atoms with E-state index in [2.05, 4.69) is 4.90 Å². The second-order valence-electron chi connectivity index (χ2n) is 7.26. The van der Waals surface area contributed by atoms with Crippen LogP contribution in [0.5, 0.6) is 5.75 Å². The van der Waals surface area contributed by atoms with E-state index >= 15 is 0 Å². The maximum atomic E-state index is 12.3. The van der Waals surface area contributed by atoms with Crippen LogP contribution in [-0.2, 0) is 4.79 Å². The Bertz CT molecular complexity index is 540. The summed E-state index contributed by atoms with van der Waals surface area (Å²) in [6.45, 7) is 3.92. The molecule has 4 rings (SSSR count). The van der Waals surface area contributed by atoms with E-state index in [4.69, 9.17) is 4.74 Å². The average molecular weight is 314 g/mol. The molecule has 4 nitrogen and oxygen atoms in total. The van der Waals surface area contributed by atoms with Crippen molar-refractivity contribution in [2.24, 2.45) is 11.8 Å². The van der Waals surface area contributed by atoms with E-state index in [1.165, 1.54) is 25.7 Å². The second kappa shape index (κ2) is 6.52. The minimum atomic E-state index is 0.112. The number of fused-ring (bicyclic) bond motifs is 2. The van der Waals surface area contributed by atoms with Crippen molar-refractivity contribution in [3.05, 3.63) is 30.3 Å². The summed E-state index contributed by atoms with van der Waals surface area (Å²) in [6.07, 6.45) is 5.74. The summed E-state index contributed by atoms with van der Waals surface area (Å²) in [4.78, 5) is 16.9. The first-order chi connectivity index (χ1) is 11.3. The quantitative estimate of drug-likeness (QED) is 0.855. The van der Waals surface area contributed by atoms with Gasteiger partial charge in [0.2, 0.25) is 0 Å². The van der Waals surface area contributed by atoms with Gasteiger partial charge in [-0.05, 0) is 43.2 Å². The third-order valence-corrected chi connectivity index (χ3v) is 5.94. The molecule has 23 heavy (non-hydrogen) atoms. The maximum Gasteiger partial charge on any atom is 0.260 e. The second-order valence-corrected chi connectivity index (χ2v) is 7.26. The summed E-state index contributed by atoms with van der Waals surface area (Å²) in [7, 11) is 0. The van der Waals surface area contributed by atoms with Crippen molar-refractivity contribution in [3.63, 3.8) is 0 Å². The van der Waals surface area contributed by atoms with Crippen molar-refractivity contribution in [1.29, 1.82) is 0 Å². The lowest BCUT2D eigenvalue weighted by atomic mass is 9.93. The predicted octanol–water partition coefficient (Wildman–Crippen LogP) is 2.40. The summed E-state index contributed by atoms with van der Waals surface area (Å²) in [5, 5.41) is 0. The first-order valence-electron chi connectivity index (χ1n) is 8.99. The number of hydrogen-bond donors (Lipinski definition) is 0. The fourth-order valence-corrected chi connectivity index (χ4v) is 4.71. The molecule has 3 fully saturated rings. The number of benzene rings is 1. The molecule has 1 aromatic carbocycles. The monoisotopic (exact) mass is 314 g/mol. The number of rotatable bonds is 4. The van der Waals surface area contributed by atoms with Gasteiger partial charge in [-0.1, -0.05) is 24.6 Å². The Morgan fingerprint density at radius 3 is 2.48 bits per heavy atom. The van der Waals surface area contributed by atoms with Gasteiger partial charge in [-0.25, -0.2) is 0 Å². The van der Waals surface area contributed by atoms with Crippen LogP contribution in [0.15, 0.2) is 30.3 Å². The van der Waals surface area contributed by atoms with E-state index < -0.39 is 0 Å². The molecular weight excluding hydrogens is 288 g/mol. The molecule has 3 atom stereocenters. The van der Waals surface area contributed by atoms with Gasteiger partial charge in [-0.2, -0.15) is 0 Å². The normalized spacial score (nSPS) is 30.6. The lowest BCUT2D eigenvalue weighted by Gasteiger charge is -2.41. The van der Waals surface area contributed by atoms with E-state index in [0.717, 1.165) is 49.8 Å². The molecule has 0 aromatic heterocycles. The standard InChI is InChI=1S/C19H26N2O2/c22-19(14-23-17-4-2-1-3-5-17)21-10-8-20(9-11-21)18-13-15-6-7-16(18)12-15/h1-5,15-16,18H,6-14H2/t15-,16+,18-/m0/s1. The highest BCUT2D eigenvalue weighted by Crippen LogP contribution is 2.46. The summed E-state index contributed by atoms with van der Waals surface area (Å²) in [5.74, 6) is 2.80. The van der Waals surface area contributed by atoms with Gasteiger partial charge in [0.1, 0.15) is 5.75 Å². The van der Waals surface area contributed by atoms with Crippen LogP contribution >= 0.6 is 0 Å². The van der Waals surface area contributed by atoms with Crippen molar-refractivity contribution in [1.82, 2.24) is 9.80 Å². The van der Waals surface area contributed by atoms with Crippen molar-refractivity contribution < 1.29 is 9.53 Å². The molecular formula is C19H26N2O2. The molecule has 124 valence electrons. The molecule has 1 aromatic rings. The fourth-order valence-electron chi connectivity index (χ4n) is 4.71. The Kier molecular flexibility index (Phi) is 4.25. The van der Waals surface area contributed by atoms with Gasteiger partial charge in [-0.3, -0.25) is 9.69 Å². The summed E-state index contributed by atoms with van der Waals surface area (Å²) >= 11 is 0. The number of ether oxygens (including phenoxy) is 1. The van der Waals surface area contributed by atoms with E-state index in [1.807, 2.05) is 35.2 Å². The van der Waals surface area contributed by atoms with Crippen LogP contribution in [0.25, 0.3) is 0 Å². The highest BCUT2D eigenvalue weighted by atomic mass is 16.5. The molecule has 2 aliphatic carbocycles. The Balaban J connectivity index is 1.24. The van der Waals surface area contributed by atoms with Crippen LogP contribution in [0.3, 0.4) is 0 Å². The largest absolute Gasteiger partial charge is 0.484 e. The number of carbonyl (C=O) groups excluding carboxylic acids is 1.